The lowest BCUT2D eigenvalue weighted by Gasteiger charge is -2.21. The van der Waals surface area contributed by atoms with Gasteiger partial charge in [-0.1, -0.05) is 0 Å². The predicted octanol–water partition coefficient (Wildman–Crippen LogP) is 2.57. The topological polar surface area (TPSA) is 92.9 Å². The van der Waals surface area contributed by atoms with Crippen molar-refractivity contribution in [2.24, 2.45) is 12.0 Å². The van der Waals surface area contributed by atoms with Crippen LogP contribution in [0.15, 0.2) is 28.0 Å². The van der Waals surface area contributed by atoms with Crippen LogP contribution in [0.1, 0.15) is 24.5 Å². The lowest BCUT2D eigenvalue weighted by atomic mass is 9.99. The molecule has 1 atom stereocenters. The van der Waals surface area contributed by atoms with E-state index in [0.717, 1.165) is 17.9 Å². The minimum absolute atomic E-state index is 0.167. The number of benzene rings is 1. The highest BCUT2D eigenvalue weighted by Gasteiger charge is 2.28. The van der Waals surface area contributed by atoms with Crippen LogP contribution >= 0.6 is 0 Å². The summed E-state index contributed by atoms with van der Waals surface area (Å²) < 4.78 is 33.6. The summed E-state index contributed by atoms with van der Waals surface area (Å²) in [5.41, 5.74) is 1.99. The maximum absolute atomic E-state index is 13.3. The second-order valence-corrected chi connectivity index (χ2v) is 6.95. The lowest BCUT2D eigenvalue weighted by Crippen LogP contribution is -2.41. The van der Waals surface area contributed by atoms with E-state index < -0.39 is 24.5 Å². The standard InChI is InChI=1S/C19H21F2N3O4/c1-19(20,21)8-11(23-18(26)27)10-28-12-3-4-14-13-5-6-22-9-15(13)17(25)24(2)16(14)7-12/h3-4,7,9,11,23H,5-6,8,10H2,1-2H3,(H,26,27). The van der Waals surface area contributed by atoms with Crippen molar-refractivity contribution >= 4 is 23.2 Å². The summed E-state index contributed by atoms with van der Waals surface area (Å²) in [6.45, 7) is 1.08. The Morgan fingerprint density at radius 3 is 2.89 bits per heavy atom. The number of ether oxygens (including phenoxy) is 1. The molecule has 7 nitrogen and oxygen atoms in total. The Labute approximate surface area is 159 Å². The van der Waals surface area contributed by atoms with Crippen LogP contribution in [0.25, 0.3) is 10.9 Å². The number of fused-ring (bicyclic) bond motifs is 3. The molecule has 1 aliphatic rings. The maximum Gasteiger partial charge on any atom is 0.405 e. The molecule has 1 amide bonds. The number of nitrogens with zero attached hydrogens (tertiary/aromatic N) is 2. The molecule has 150 valence electrons. The molecule has 3 rings (SSSR count). The number of nitrogens with one attached hydrogen (secondary N) is 1. The average Bonchev–Trinajstić information content (AvgIpc) is 2.62. The molecule has 1 unspecified atom stereocenters. The van der Waals surface area contributed by atoms with Gasteiger partial charge in [0.05, 0.1) is 17.1 Å². The van der Waals surface area contributed by atoms with E-state index >= 15 is 0 Å². The highest BCUT2D eigenvalue weighted by molar-refractivity contribution is 5.93. The number of pyridine rings is 1. The van der Waals surface area contributed by atoms with E-state index in [0.29, 0.717) is 29.8 Å². The number of hydrogen-bond acceptors (Lipinski definition) is 4. The van der Waals surface area contributed by atoms with E-state index in [2.05, 4.69) is 4.99 Å². The molecule has 1 aromatic heterocycles. The molecule has 0 saturated heterocycles. The number of amides is 1. The second-order valence-electron chi connectivity index (χ2n) is 6.95. The first-order chi connectivity index (χ1) is 13.2. The maximum atomic E-state index is 13.3. The number of aromatic nitrogens is 1. The van der Waals surface area contributed by atoms with Crippen LogP contribution in [0, 0.1) is 0 Å². The Hall–Kier alpha value is -2.97. The number of carbonyl (C=O) groups is 1. The van der Waals surface area contributed by atoms with Gasteiger partial charge in [-0.2, -0.15) is 0 Å². The molecule has 0 aliphatic carbocycles. The van der Waals surface area contributed by atoms with Crippen molar-refractivity contribution in [3.8, 4) is 5.75 Å². The number of rotatable bonds is 6. The fourth-order valence-electron chi connectivity index (χ4n) is 3.39. The van der Waals surface area contributed by atoms with Crippen molar-refractivity contribution in [3.05, 3.63) is 39.7 Å². The highest BCUT2D eigenvalue weighted by Crippen LogP contribution is 2.26. The Morgan fingerprint density at radius 1 is 1.46 bits per heavy atom. The lowest BCUT2D eigenvalue weighted by molar-refractivity contribution is -0.00159. The van der Waals surface area contributed by atoms with E-state index in [4.69, 9.17) is 9.84 Å². The van der Waals surface area contributed by atoms with Crippen molar-refractivity contribution in [1.82, 2.24) is 9.88 Å². The van der Waals surface area contributed by atoms with Gasteiger partial charge in [0.15, 0.2) is 0 Å². The third-order valence-corrected chi connectivity index (χ3v) is 4.61. The molecular weight excluding hydrogens is 372 g/mol. The fourth-order valence-corrected chi connectivity index (χ4v) is 3.39. The van der Waals surface area contributed by atoms with Gasteiger partial charge in [0.2, 0.25) is 5.92 Å². The average molecular weight is 393 g/mol. The predicted molar refractivity (Wildman–Crippen MR) is 101 cm³/mol. The van der Waals surface area contributed by atoms with Gasteiger partial charge in [0.1, 0.15) is 12.4 Å². The molecule has 2 heterocycles. The molecule has 2 N–H and O–H groups in total. The molecule has 0 fully saturated rings. The summed E-state index contributed by atoms with van der Waals surface area (Å²) >= 11 is 0. The minimum atomic E-state index is -3.04. The van der Waals surface area contributed by atoms with Crippen molar-refractivity contribution in [3.63, 3.8) is 0 Å². The molecule has 0 bridgehead atoms. The fraction of sp³-hybridized carbons (Fsp3) is 0.421. The van der Waals surface area contributed by atoms with Gasteiger partial charge >= 0.3 is 6.09 Å². The van der Waals surface area contributed by atoms with Crippen molar-refractivity contribution in [2.45, 2.75) is 31.7 Å². The van der Waals surface area contributed by atoms with Gasteiger partial charge in [-0.05, 0) is 31.0 Å². The minimum Gasteiger partial charge on any atom is -0.491 e. The number of alkyl halides is 2. The molecule has 0 saturated carbocycles. The monoisotopic (exact) mass is 393 g/mol. The van der Waals surface area contributed by atoms with Crippen molar-refractivity contribution < 1.29 is 23.4 Å². The number of carboxylic acid groups (broad SMARTS) is 1. The van der Waals surface area contributed by atoms with Crippen LogP contribution in [-0.4, -0.2) is 47.1 Å². The van der Waals surface area contributed by atoms with Gasteiger partial charge < -0.3 is 19.7 Å². The summed E-state index contributed by atoms with van der Waals surface area (Å²) in [5, 5.41) is 11.8. The van der Waals surface area contributed by atoms with Crippen LogP contribution in [0.5, 0.6) is 5.75 Å². The second kappa shape index (κ2) is 7.57. The number of aryl methyl sites for hydroxylation is 1. The smallest absolute Gasteiger partial charge is 0.405 e. The van der Waals surface area contributed by atoms with Crippen LogP contribution in [0.4, 0.5) is 13.6 Å². The van der Waals surface area contributed by atoms with E-state index in [1.54, 1.807) is 25.4 Å². The number of hydrogen-bond donors (Lipinski definition) is 2. The SMILES string of the molecule is Cn1c(=O)c2c(c3ccc(OCC(CC(C)(F)F)NC(=O)O)cc31)CCN=C2. The first kappa shape index (κ1) is 19.8. The Kier molecular flexibility index (Phi) is 5.35. The van der Waals surface area contributed by atoms with E-state index in [-0.39, 0.29) is 12.2 Å². The first-order valence-electron chi connectivity index (χ1n) is 8.81. The zero-order chi connectivity index (χ0) is 20.5. The highest BCUT2D eigenvalue weighted by atomic mass is 19.3. The Bertz CT molecular complexity index is 995. The van der Waals surface area contributed by atoms with Gasteiger partial charge in [0.25, 0.3) is 5.56 Å². The third-order valence-electron chi connectivity index (χ3n) is 4.61. The zero-order valence-corrected chi connectivity index (χ0v) is 15.5. The zero-order valence-electron chi connectivity index (χ0n) is 15.5. The molecule has 1 aliphatic heterocycles. The van der Waals surface area contributed by atoms with Crippen LogP contribution < -0.4 is 15.6 Å². The molecule has 1 aromatic carbocycles. The summed E-state index contributed by atoms with van der Waals surface area (Å²) in [6.07, 6.45) is 0.178. The van der Waals surface area contributed by atoms with Crippen LogP contribution in [0.2, 0.25) is 0 Å². The summed E-state index contributed by atoms with van der Waals surface area (Å²) in [5.74, 6) is -2.67. The van der Waals surface area contributed by atoms with Gasteiger partial charge in [-0.25, -0.2) is 13.6 Å². The normalized spacial score (nSPS) is 14.6. The molecule has 2 aromatic rings. The van der Waals surface area contributed by atoms with Gasteiger partial charge in [0, 0.05) is 37.7 Å². The van der Waals surface area contributed by atoms with Crippen molar-refractivity contribution in [1.29, 1.82) is 0 Å². The van der Waals surface area contributed by atoms with E-state index in [1.807, 2.05) is 11.4 Å². The van der Waals surface area contributed by atoms with E-state index in [1.165, 1.54) is 4.57 Å². The van der Waals surface area contributed by atoms with Gasteiger partial charge in [-0.3, -0.25) is 9.79 Å². The summed E-state index contributed by atoms with van der Waals surface area (Å²) in [4.78, 5) is 27.6. The summed E-state index contributed by atoms with van der Waals surface area (Å²) in [6, 6.07) is 4.08. The van der Waals surface area contributed by atoms with Crippen LogP contribution in [0.3, 0.4) is 0 Å². The molecular formula is C19H21F2N3O4. The van der Waals surface area contributed by atoms with Crippen molar-refractivity contribution in [2.75, 3.05) is 13.2 Å². The number of halogens is 2. The molecule has 0 radical (unpaired) electrons. The van der Waals surface area contributed by atoms with Gasteiger partial charge in [-0.15, -0.1) is 0 Å². The Morgan fingerprint density at radius 2 is 2.21 bits per heavy atom. The quantitative estimate of drug-likeness (QED) is 0.789. The Balaban J connectivity index is 1.88. The summed E-state index contributed by atoms with van der Waals surface area (Å²) in [7, 11) is 1.64. The first-order valence-corrected chi connectivity index (χ1v) is 8.81. The van der Waals surface area contributed by atoms with E-state index in [9.17, 15) is 18.4 Å². The number of aliphatic imine (C=N–C) groups is 1. The third kappa shape index (κ3) is 4.29. The molecule has 28 heavy (non-hydrogen) atoms. The largest absolute Gasteiger partial charge is 0.491 e. The molecule has 0 spiro atoms. The molecule has 9 heteroatoms. The van der Waals surface area contributed by atoms with Crippen LogP contribution in [-0.2, 0) is 13.5 Å².